The number of amides is 1. The Kier molecular flexibility index (Phi) is 6.94. The fraction of sp³-hybridized carbons (Fsp3) is 0.261. The summed E-state index contributed by atoms with van der Waals surface area (Å²) in [6, 6.07) is 13.6. The minimum absolute atomic E-state index is 0.0515. The van der Waals surface area contributed by atoms with Gasteiger partial charge in [-0.1, -0.05) is 30.3 Å². The Balaban J connectivity index is 1.46. The van der Waals surface area contributed by atoms with E-state index in [2.05, 4.69) is 15.3 Å². The second-order valence-electron chi connectivity index (χ2n) is 7.64. The summed E-state index contributed by atoms with van der Waals surface area (Å²) >= 11 is 0. The van der Waals surface area contributed by atoms with Crippen molar-refractivity contribution >= 4 is 21.9 Å². The van der Waals surface area contributed by atoms with E-state index in [1.165, 1.54) is 22.6 Å². The molecular formula is C23H25N5O5S. The molecule has 1 aromatic heterocycles. The molecule has 0 aliphatic carbocycles. The first-order chi connectivity index (χ1) is 16.4. The molecule has 0 unspecified atom stereocenters. The first-order valence-electron chi connectivity index (χ1n) is 10.7. The number of nitrogens with two attached hydrogens (primary N) is 1. The van der Waals surface area contributed by atoms with Crippen LogP contribution in [-0.2, 0) is 16.6 Å². The van der Waals surface area contributed by atoms with Crippen LogP contribution in [0.2, 0.25) is 0 Å². The standard InChI is InChI=1S/C23H25N5O5S/c1-32-20-7-3-2-6-17(20)14-26-23(29)33-22-21(24)25-15-19(27-22)16-8-10-18(11-9-16)34(30,31)28-12-4-5-13-28/h2-3,6-11,15H,4-5,12-14H2,1H3,(H2,24,25)(H,26,29). The molecule has 0 atom stereocenters. The summed E-state index contributed by atoms with van der Waals surface area (Å²) in [7, 11) is -1.96. The number of ether oxygens (including phenoxy) is 2. The van der Waals surface area contributed by atoms with Crippen molar-refractivity contribution in [3.63, 3.8) is 0 Å². The van der Waals surface area contributed by atoms with E-state index in [4.69, 9.17) is 15.2 Å². The number of sulfonamides is 1. The summed E-state index contributed by atoms with van der Waals surface area (Å²) in [4.78, 5) is 20.9. The molecule has 0 saturated carbocycles. The molecular weight excluding hydrogens is 458 g/mol. The molecule has 4 rings (SSSR count). The number of hydrogen-bond donors (Lipinski definition) is 2. The molecule has 1 aliphatic heterocycles. The van der Waals surface area contributed by atoms with Crippen LogP contribution in [0.4, 0.5) is 10.6 Å². The van der Waals surface area contributed by atoms with Crippen molar-refractivity contribution in [2.45, 2.75) is 24.3 Å². The maximum atomic E-state index is 12.7. The van der Waals surface area contributed by atoms with E-state index < -0.39 is 16.1 Å². The number of carbonyl (C=O) groups is 1. The molecule has 11 heteroatoms. The van der Waals surface area contributed by atoms with Crippen LogP contribution >= 0.6 is 0 Å². The number of nitrogens with zero attached hydrogens (tertiary/aromatic N) is 3. The minimum atomic E-state index is -3.51. The van der Waals surface area contributed by atoms with Gasteiger partial charge in [0.1, 0.15) is 5.75 Å². The quantitative estimate of drug-likeness (QED) is 0.523. The van der Waals surface area contributed by atoms with E-state index in [1.807, 2.05) is 18.2 Å². The zero-order chi connectivity index (χ0) is 24.1. The van der Waals surface area contributed by atoms with Gasteiger partial charge in [0.05, 0.1) is 23.9 Å². The second-order valence-corrected chi connectivity index (χ2v) is 9.57. The molecule has 2 aromatic carbocycles. The highest BCUT2D eigenvalue weighted by atomic mass is 32.2. The van der Waals surface area contributed by atoms with Crippen molar-refractivity contribution in [2.75, 3.05) is 25.9 Å². The molecule has 178 valence electrons. The third-order valence-corrected chi connectivity index (χ3v) is 7.34. The van der Waals surface area contributed by atoms with Gasteiger partial charge in [0.2, 0.25) is 10.0 Å². The van der Waals surface area contributed by atoms with Gasteiger partial charge < -0.3 is 20.5 Å². The van der Waals surface area contributed by atoms with Crippen LogP contribution in [0.25, 0.3) is 11.3 Å². The first-order valence-corrected chi connectivity index (χ1v) is 12.1. The molecule has 10 nitrogen and oxygen atoms in total. The van der Waals surface area contributed by atoms with Crippen LogP contribution in [0.3, 0.4) is 0 Å². The number of nitrogen functional groups attached to an aromatic ring is 1. The molecule has 0 spiro atoms. The average molecular weight is 484 g/mol. The van der Waals surface area contributed by atoms with Crippen LogP contribution in [0.15, 0.2) is 59.6 Å². The molecule has 0 bridgehead atoms. The van der Waals surface area contributed by atoms with Crippen LogP contribution in [0, 0.1) is 0 Å². The molecule has 2 heterocycles. The fourth-order valence-corrected chi connectivity index (χ4v) is 5.13. The van der Waals surface area contributed by atoms with Gasteiger partial charge in [-0.25, -0.2) is 23.2 Å². The largest absolute Gasteiger partial charge is 0.496 e. The number of nitrogens with one attached hydrogen (secondary N) is 1. The zero-order valence-electron chi connectivity index (χ0n) is 18.6. The minimum Gasteiger partial charge on any atom is -0.496 e. The van der Waals surface area contributed by atoms with Crippen molar-refractivity contribution in [2.24, 2.45) is 0 Å². The van der Waals surface area contributed by atoms with E-state index in [-0.39, 0.29) is 23.1 Å². The summed E-state index contributed by atoms with van der Waals surface area (Å²) < 4.78 is 37.4. The van der Waals surface area contributed by atoms with Gasteiger partial charge in [0, 0.05) is 30.8 Å². The Labute approximate surface area is 197 Å². The highest BCUT2D eigenvalue weighted by Gasteiger charge is 2.27. The number of hydrogen-bond acceptors (Lipinski definition) is 8. The molecule has 1 amide bonds. The zero-order valence-corrected chi connectivity index (χ0v) is 19.4. The van der Waals surface area contributed by atoms with Crippen molar-refractivity contribution in [3.05, 3.63) is 60.3 Å². The van der Waals surface area contributed by atoms with Crippen molar-refractivity contribution in [1.82, 2.24) is 19.6 Å². The van der Waals surface area contributed by atoms with Crippen LogP contribution < -0.4 is 20.5 Å². The van der Waals surface area contributed by atoms with Crippen molar-refractivity contribution in [3.8, 4) is 22.9 Å². The fourth-order valence-electron chi connectivity index (χ4n) is 3.61. The van der Waals surface area contributed by atoms with E-state index in [1.54, 1.807) is 25.3 Å². The Morgan fingerprint density at radius 1 is 1.12 bits per heavy atom. The first kappa shape index (κ1) is 23.5. The molecule has 3 aromatic rings. The number of benzene rings is 2. The van der Waals surface area contributed by atoms with Crippen molar-refractivity contribution < 1.29 is 22.7 Å². The normalized spacial score (nSPS) is 14.0. The average Bonchev–Trinajstić information content (AvgIpc) is 3.40. The maximum Gasteiger partial charge on any atom is 0.414 e. The van der Waals surface area contributed by atoms with Crippen LogP contribution in [-0.4, -0.2) is 49.0 Å². The van der Waals surface area contributed by atoms with Gasteiger partial charge in [0.25, 0.3) is 5.88 Å². The SMILES string of the molecule is COc1ccccc1CNC(=O)Oc1nc(-c2ccc(S(=O)(=O)N3CCCC3)cc2)cnc1N. The van der Waals surface area contributed by atoms with E-state index in [0.29, 0.717) is 30.1 Å². The lowest BCUT2D eigenvalue weighted by Crippen LogP contribution is -2.27. The number of aromatic nitrogens is 2. The predicted molar refractivity (Wildman–Crippen MR) is 126 cm³/mol. The Morgan fingerprint density at radius 3 is 2.53 bits per heavy atom. The Hall–Kier alpha value is -3.70. The van der Waals surface area contributed by atoms with E-state index in [9.17, 15) is 13.2 Å². The summed E-state index contributed by atoms with van der Waals surface area (Å²) in [6.45, 7) is 1.25. The smallest absolute Gasteiger partial charge is 0.414 e. The molecule has 0 radical (unpaired) electrons. The molecule has 3 N–H and O–H groups in total. The third kappa shape index (κ3) is 5.10. The predicted octanol–water partition coefficient (Wildman–Crippen LogP) is 2.81. The Bertz CT molecular complexity index is 1280. The van der Waals surface area contributed by atoms with Crippen LogP contribution in [0.5, 0.6) is 11.6 Å². The topological polar surface area (TPSA) is 137 Å². The third-order valence-electron chi connectivity index (χ3n) is 5.42. The monoisotopic (exact) mass is 483 g/mol. The van der Waals surface area contributed by atoms with Gasteiger partial charge in [-0.2, -0.15) is 4.31 Å². The molecule has 1 saturated heterocycles. The van der Waals surface area contributed by atoms with E-state index in [0.717, 1.165) is 18.4 Å². The number of rotatable bonds is 7. The van der Waals surface area contributed by atoms with Gasteiger partial charge in [-0.05, 0) is 31.0 Å². The summed E-state index contributed by atoms with van der Waals surface area (Å²) in [5.74, 6) is 0.438. The van der Waals surface area contributed by atoms with Gasteiger partial charge in [-0.3, -0.25) is 0 Å². The highest BCUT2D eigenvalue weighted by molar-refractivity contribution is 7.89. The lowest BCUT2D eigenvalue weighted by Gasteiger charge is -2.15. The van der Waals surface area contributed by atoms with Crippen LogP contribution in [0.1, 0.15) is 18.4 Å². The number of anilines is 1. The number of para-hydroxylation sites is 1. The summed E-state index contributed by atoms with van der Waals surface area (Å²) in [5.41, 5.74) is 7.60. The molecule has 34 heavy (non-hydrogen) atoms. The van der Waals surface area contributed by atoms with Gasteiger partial charge >= 0.3 is 6.09 Å². The van der Waals surface area contributed by atoms with E-state index >= 15 is 0 Å². The summed E-state index contributed by atoms with van der Waals surface area (Å²) in [5, 5.41) is 2.62. The maximum absolute atomic E-state index is 12.7. The second kappa shape index (κ2) is 10.1. The lowest BCUT2D eigenvalue weighted by molar-refractivity contribution is 0.198. The van der Waals surface area contributed by atoms with Crippen molar-refractivity contribution in [1.29, 1.82) is 0 Å². The lowest BCUT2D eigenvalue weighted by atomic mass is 10.2. The Morgan fingerprint density at radius 2 is 1.82 bits per heavy atom. The summed E-state index contributed by atoms with van der Waals surface area (Å²) in [6.07, 6.45) is 2.41. The molecule has 1 aliphatic rings. The van der Waals surface area contributed by atoms with Gasteiger partial charge in [-0.15, -0.1) is 0 Å². The molecule has 1 fully saturated rings. The number of carbonyl (C=O) groups excluding carboxylic acids is 1. The van der Waals surface area contributed by atoms with Gasteiger partial charge in [0.15, 0.2) is 5.82 Å². The highest BCUT2D eigenvalue weighted by Crippen LogP contribution is 2.26. The number of methoxy groups -OCH3 is 1.